The van der Waals surface area contributed by atoms with Gasteiger partial charge in [0.1, 0.15) is 29.4 Å². The summed E-state index contributed by atoms with van der Waals surface area (Å²) in [5.74, 6) is -2.95. The predicted octanol–water partition coefficient (Wildman–Crippen LogP) is 1.58. The second-order valence-electron chi connectivity index (χ2n) is 10.1. The smallest absolute Gasteiger partial charge is 0.301 e. The zero-order chi connectivity index (χ0) is 28.2. The zero-order valence-corrected chi connectivity index (χ0v) is 22.9. The molecule has 1 aromatic carbocycles. The number of rotatable bonds is 5. The van der Waals surface area contributed by atoms with Crippen molar-refractivity contribution in [1.29, 1.82) is 0 Å². The van der Waals surface area contributed by atoms with Crippen molar-refractivity contribution in [2.45, 2.75) is 35.4 Å². The molecule has 3 fully saturated rings. The van der Waals surface area contributed by atoms with Crippen LogP contribution in [-0.2, 0) is 30.2 Å². The number of anilines is 2. The maximum atomic E-state index is 15.2. The van der Waals surface area contributed by atoms with Gasteiger partial charge in [-0.25, -0.2) is 13.4 Å². The van der Waals surface area contributed by atoms with Crippen LogP contribution in [0.5, 0.6) is 5.75 Å². The molecule has 4 aliphatic heterocycles. The van der Waals surface area contributed by atoms with Gasteiger partial charge in [0.2, 0.25) is 15.9 Å². The van der Waals surface area contributed by atoms with Crippen molar-refractivity contribution < 1.29 is 36.2 Å². The van der Waals surface area contributed by atoms with Gasteiger partial charge in [-0.2, -0.15) is 13.1 Å². The number of carbonyl (C=O) groups is 1. The molecular formula is C25H28ClF2N5O6S. The van der Waals surface area contributed by atoms with Crippen LogP contribution in [-0.4, -0.2) is 94.4 Å². The number of aromatic nitrogens is 1. The van der Waals surface area contributed by atoms with Crippen molar-refractivity contribution in [3.8, 4) is 5.75 Å². The number of amides is 1. The van der Waals surface area contributed by atoms with E-state index in [1.807, 2.05) is 0 Å². The number of halogens is 3. The van der Waals surface area contributed by atoms with Gasteiger partial charge in [0.25, 0.3) is 0 Å². The maximum Gasteiger partial charge on any atom is 0.301 e. The first-order valence-electron chi connectivity index (χ1n) is 12.9. The zero-order valence-electron chi connectivity index (χ0n) is 21.3. The van der Waals surface area contributed by atoms with Gasteiger partial charge in [0.15, 0.2) is 0 Å². The number of fused-ring (bicyclic) bond motifs is 3. The number of carbonyl (C=O) groups excluding carboxylic acids is 1. The van der Waals surface area contributed by atoms with E-state index in [-0.39, 0.29) is 98.4 Å². The number of benzene rings is 1. The molecule has 0 aliphatic carbocycles. The van der Waals surface area contributed by atoms with Crippen molar-refractivity contribution in [1.82, 2.24) is 9.29 Å². The van der Waals surface area contributed by atoms with E-state index in [1.54, 1.807) is 15.9 Å². The second-order valence-corrected chi connectivity index (χ2v) is 12.4. The van der Waals surface area contributed by atoms with Crippen LogP contribution in [0.15, 0.2) is 35.2 Å². The van der Waals surface area contributed by atoms with Gasteiger partial charge < -0.3 is 29.7 Å². The van der Waals surface area contributed by atoms with E-state index in [2.05, 4.69) is 4.98 Å². The summed E-state index contributed by atoms with van der Waals surface area (Å²) in [6.07, 6.45) is -1.23. The monoisotopic (exact) mass is 599 g/mol. The standard InChI is InChI=1S/C25H28ClF2N5O6S/c26-22-9-15(25(27,28)21-14-37-7-8-38-21)10-23(30-22)31-3-5-32(6-4-31)40(35,36)16-1-2-18-20(11-16)39-13-19-17(29)12-24(34)33(18)19/h1-2,9-11,17,19,21H,3-8,12-14,29H2. The third kappa shape index (κ3) is 4.80. The third-order valence-corrected chi connectivity index (χ3v) is 9.78. The molecule has 4 aliphatic rings. The Morgan fingerprint density at radius 3 is 2.58 bits per heavy atom. The van der Waals surface area contributed by atoms with E-state index in [9.17, 15) is 13.2 Å². The predicted molar refractivity (Wildman–Crippen MR) is 140 cm³/mol. The Balaban J connectivity index is 1.17. The fraction of sp³-hybridized carbons (Fsp3) is 0.520. The van der Waals surface area contributed by atoms with Gasteiger partial charge in [-0.3, -0.25) is 4.79 Å². The highest BCUT2D eigenvalue weighted by Crippen LogP contribution is 2.40. The second kappa shape index (κ2) is 10.3. The molecular weight excluding hydrogens is 572 g/mol. The highest BCUT2D eigenvalue weighted by atomic mass is 35.5. The Morgan fingerprint density at radius 2 is 1.85 bits per heavy atom. The normalized spacial score (nSPS) is 25.9. The molecule has 5 heterocycles. The fourth-order valence-corrected chi connectivity index (χ4v) is 7.14. The van der Waals surface area contributed by atoms with E-state index in [4.69, 9.17) is 31.5 Å². The van der Waals surface area contributed by atoms with Crippen molar-refractivity contribution in [3.63, 3.8) is 0 Å². The first-order chi connectivity index (χ1) is 19.1. The third-order valence-electron chi connectivity index (χ3n) is 7.69. The molecule has 3 saturated heterocycles. The molecule has 15 heteroatoms. The number of ether oxygens (including phenoxy) is 3. The lowest BCUT2D eigenvalue weighted by atomic mass is 10.0. The minimum absolute atomic E-state index is 0.0339. The van der Waals surface area contributed by atoms with Gasteiger partial charge >= 0.3 is 5.92 Å². The first kappa shape index (κ1) is 27.5. The fourth-order valence-electron chi connectivity index (χ4n) is 5.50. The summed E-state index contributed by atoms with van der Waals surface area (Å²) in [6.45, 7) is 0.902. The van der Waals surface area contributed by atoms with Gasteiger partial charge in [0.05, 0.1) is 36.4 Å². The van der Waals surface area contributed by atoms with E-state index in [1.165, 1.54) is 22.5 Å². The van der Waals surface area contributed by atoms with Crippen LogP contribution >= 0.6 is 11.6 Å². The number of hydrogen-bond donors (Lipinski definition) is 1. The largest absolute Gasteiger partial charge is 0.489 e. The summed E-state index contributed by atoms with van der Waals surface area (Å²) in [7, 11) is -3.90. The van der Waals surface area contributed by atoms with Gasteiger partial charge in [-0.15, -0.1) is 0 Å². The van der Waals surface area contributed by atoms with Crippen molar-refractivity contribution in [2.24, 2.45) is 5.73 Å². The Labute approximate surface area is 234 Å². The molecule has 0 radical (unpaired) electrons. The number of nitrogens with two attached hydrogens (primary N) is 1. The Kier molecular flexibility index (Phi) is 7.12. The molecule has 2 aromatic rings. The van der Waals surface area contributed by atoms with Gasteiger partial charge in [-0.05, 0) is 24.3 Å². The van der Waals surface area contributed by atoms with E-state index < -0.39 is 22.0 Å². The van der Waals surface area contributed by atoms with Crippen LogP contribution in [0, 0.1) is 0 Å². The quantitative estimate of drug-likeness (QED) is 0.510. The molecule has 1 amide bonds. The van der Waals surface area contributed by atoms with E-state index in [0.717, 1.165) is 6.07 Å². The average Bonchev–Trinajstić information content (AvgIpc) is 3.26. The highest BCUT2D eigenvalue weighted by Gasteiger charge is 2.45. The maximum absolute atomic E-state index is 15.2. The lowest BCUT2D eigenvalue weighted by Crippen LogP contribution is -2.49. The molecule has 3 unspecified atom stereocenters. The molecule has 2 N–H and O–H groups in total. The number of piperazine rings is 1. The Hall–Kier alpha value is -2.62. The molecule has 216 valence electrons. The first-order valence-corrected chi connectivity index (χ1v) is 14.7. The lowest BCUT2D eigenvalue weighted by Gasteiger charge is -2.36. The van der Waals surface area contributed by atoms with Crippen LogP contribution < -0.4 is 20.3 Å². The molecule has 1 aromatic heterocycles. The number of hydrogen-bond acceptors (Lipinski definition) is 9. The molecule has 6 rings (SSSR count). The average molecular weight is 600 g/mol. The minimum Gasteiger partial charge on any atom is -0.489 e. The summed E-state index contributed by atoms with van der Waals surface area (Å²) < 4.78 is 74.7. The van der Waals surface area contributed by atoms with E-state index in [0.29, 0.717) is 11.4 Å². The molecule has 40 heavy (non-hydrogen) atoms. The number of pyridine rings is 1. The van der Waals surface area contributed by atoms with Crippen LogP contribution in [0.2, 0.25) is 5.15 Å². The summed E-state index contributed by atoms with van der Waals surface area (Å²) in [5.41, 5.74) is 6.21. The summed E-state index contributed by atoms with van der Waals surface area (Å²) in [5, 5.41) is -0.104. The topological polar surface area (TPSA) is 128 Å². The number of alkyl halides is 2. The summed E-state index contributed by atoms with van der Waals surface area (Å²) in [4.78, 5) is 20.0. The number of sulfonamides is 1. The van der Waals surface area contributed by atoms with Crippen LogP contribution in [0.4, 0.5) is 20.3 Å². The summed E-state index contributed by atoms with van der Waals surface area (Å²) in [6, 6.07) is 6.19. The summed E-state index contributed by atoms with van der Waals surface area (Å²) >= 11 is 6.11. The molecule has 0 spiro atoms. The molecule has 0 bridgehead atoms. The van der Waals surface area contributed by atoms with Crippen LogP contribution in [0.1, 0.15) is 12.0 Å². The minimum atomic E-state index is -3.90. The lowest BCUT2D eigenvalue weighted by molar-refractivity contribution is -0.199. The molecule has 0 saturated carbocycles. The van der Waals surface area contributed by atoms with Gasteiger partial charge in [0, 0.05) is 50.3 Å². The highest BCUT2D eigenvalue weighted by molar-refractivity contribution is 7.89. The molecule has 3 atom stereocenters. The Bertz CT molecular complexity index is 1420. The van der Waals surface area contributed by atoms with Crippen LogP contribution in [0.3, 0.4) is 0 Å². The molecule has 11 nitrogen and oxygen atoms in total. The van der Waals surface area contributed by atoms with Crippen molar-refractivity contribution in [3.05, 3.63) is 41.0 Å². The van der Waals surface area contributed by atoms with E-state index >= 15 is 8.78 Å². The van der Waals surface area contributed by atoms with Gasteiger partial charge in [-0.1, -0.05) is 11.6 Å². The van der Waals surface area contributed by atoms with Crippen LogP contribution in [0.25, 0.3) is 0 Å². The number of nitrogens with zero attached hydrogens (tertiary/aromatic N) is 4. The Morgan fingerprint density at radius 1 is 1.07 bits per heavy atom. The van der Waals surface area contributed by atoms with Crippen molar-refractivity contribution in [2.75, 3.05) is 62.4 Å². The SMILES string of the molecule is NC1CC(=O)N2c3ccc(S(=O)(=O)N4CCN(c5cc(C(F)(F)C6COCCO6)cc(Cl)n5)CC4)cc3OCC12. The van der Waals surface area contributed by atoms with Crippen molar-refractivity contribution >= 4 is 39.0 Å².